The first-order valence-electron chi connectivity index (χ1n) is 8.40. The van der Waals surface area contributed by atoms with E-state index in [1.807, 2.05) is 6.92 Å². The largest absolute Gasteiger partial charge is 0.481 e. The maximum Gasteiger partial charge on any atom is 0.303 e. The van der Waals surface area contributed by atoms with Crippen molar-refractivity contribution in [1.29, 1.82) is 0 Å². The molecule has 5 heteroatoms. The summed E-state index contributed by atoms with van der Waals surface area (Å²) in [4.78, 5) is 33.8. The summed E-state index contributed by atoms with van der Waals surface area (Å²) in [5.41, 5.74) is 0. The molecule has 3 atom stereocenters. The van der Waals surface area contributed by atoms with E-state index in [0.29, 0.717) is 25.7 Å². The van der Waals surface area contributed by atoms with E-state index < -0.39 is 12.1 Å². The van der Waals surface area contributed by atoms with Crippen LogP contribution in [0.2, 0.25) is 0 Å². The molecule has 0 amide bonds. The van der Waals surface area contributed by atoms with Crippen LogP contribution in [-0.4, -0.2) is 33.9 Å². The summed E-state index contributed by atoms with van der Waals surface area (Å²) in [6.45, 7) is 1.83. The molecule has 1 aliphatic rings. The van der Waals surface area contributed by atoms with Crippen LogP contribution in [-0.2, 0) is 14.4 Å². The summed E-state index contributed by atoms with van der Waals surface area (Å²) in [5, 5.41) is 18.6. The van der Waals surface area contributed by atoms with Gasteiger partial charge in [0.1, 0.15) is 11.6 Å². The molecule has 1 saturated carbocycles. The third-order valence-corrected chi connectivity index (χ3v) is 4.64. The lowest BCUT2D eigenvalue weighted by Gasteiger charge is -2.20. The van der Waals surface area contributed by atoms with Crippen LogP contribution >= 0.6 is 0 Å². The van der Waals surface area contributed by atoms with Gasteiger partial charge in [-0.1, -0.05) is 26.2 Å². The molecule has 0 saturated heterocycles. The lowest BCUT2D eigenvalue weighted by atomic mass is 9.85. The van der Waals surface area contributed by atoms with Gasteiger partial charge < -0.3 is 10.2 Å². The zero-order chi connectivity index (χ0) is 16.5. The van der Waals surface area contributed by atoms with Crippen molar-refractivity contribution >= 4 is 17.5 Å². The first-order valence-corrected chi connectivity index (χ1v) is 8.40. The number of rotatable bonds is 11. The smallest absolute Gasteiger partial charge is 0.303 e. The van der Waals surface area contributed by atoms with Crippen LogP contribution in [0.25, 0.3) is 0 Å². The number of carboxylic acid groups (broad SMARTS) is 1. The third-order valence-electron chi connectivity index (χ3n) is 4.64. The van der Waals surface area contributed by atoms with Gasteiger partial charge >= 0.3 is 5.97 Å². The number of aliphatic carboxylic acids is 1. The summed E-state index contributed by atoms with van der Waals surface area (Å²) in [5.74, 6) is -0.679. The summed E-state index contributed by atoms with van der Waals surface area (Å²) < 4.78 is 0. The number of unbranched alkanes of at least 4 members (excludes halogenated alkanes) is 3. The number of carbonyl (C=O) groups excluding carboxylic acids is 2. The molecule has 0 heterocycles. The van der Waals surface area contributed by atoms with Crippen molar-refractivity contribution in [3.05, 3.63) is 0 Å². The van der Waals surface area contributed by atoms with Gasteiger partial charge in [-0.05, 0) is 25.2 Å². The molecule has 0 spiro atoms. The fraction of sp³-hybridized carbons (Fsp3) is 0.824. The highest BCUT2D eigenvalue weighted by Gasteiger charge is 2.40. The molecule has 1 rings (SSSR count). The number of aliphatic hydroxyl groups excluding tert-OH is 1. The number of aliphatic hydroxyl groups is 1. The van der Waals surface area contributed by atoms with Gasteiger partial charge in [-0.2, -0.15) is 0 Å². The number of hydrogen-bond donors (Lipinski definition) is 2. The van der Waals surface area contributed by atoms with Crippen molar-refractivity contribution in [3.63, 3.8) is 0 Å². The van der Waals surface area contributed by atoms with Crippen LogP contribution in [0.3, 0.4) is 0 Å². The molecule has 22 heavy (non-hydrogen) atoms. The van der Waals surface area contributed by atoms with Gasteiger partial charge in [-0.25, -0.2) is 0 Å². The summed E-state index contributed by atoms with van der Waals surface area (Å²) >= 11 is 0. The van der Waals surface area contributed by atoms with E-state index >= 15 is 0 Å². The van der Waals surface area contributed by atoms with E-state index in [-0.39, 0.29) is 36.2 Å². The second-order valence-electron chi connectivity index (χ2n) is 6.29. The number of Topliss-reactive ketones (excluding diaryl/α,β-unsaturated/α-hetero) is 2. The van der Waals surface area contributed by atoms with E-state index in [0.717, 1.165) is 25.7 Å². The summed E-state index contributed by atoms with van der Waals surface area (Å²) in [6, 6.07) is 0. The summed E-state index contributed by atoms with van der Waals surface area (Å²) in [7, 11) is 0. The van der Waals surface area contributed by atoms with E-state index in [4.69, 9.17) is 5.11 Å². The van der Waals surface area contributed by atoms with Gasteiger partial charge in [0.05, 0.1) is 6.10 Å². The van der Waals surface area contributed by atoms with Crippen molar-refractivity contribution < 1.29 is 24.6 Å². The topological polar surface area (TPSA) is 91.7 Å². The molecule has 0 aromatic rings. The summed E-state index contributed by atoms with van der Waals surface area (Å²) in [6.07, 6.45) is 5.42. The van der Waals surface area contributed by atoms with Gasteiger partial charge in [0, 0.05) is 31.6 Å². The minimum Gasteiger partial charge on any atom is -0.481 e. The Hall–Kier alpha value is -1.23. The second-order valence-corrected chi connectivity index (χ2v) is 6.29. The van der Waals surface area contributed by atoms with E-state index in [2.05, 4.69) is 0 Å². The molecule has 1 fully saturated rings. The number of hydrogen-bond acceptors (Lipinski definition) is 4. The van der Waals surface area contributed by atoms with E-state index in [9.17, 15) is 19.5 Å². The quantitative estimate of drug-likeness (QED) is 0.572. The Morgan fingerprint density at radius 2 is 1.77 bits per heavy atom. The van der Waals surface area contributed by atoms with Crippen molar-refractivity contribution in [3.8, 4) is 0 Å². The van der Waals surface area contributed by atoms with Crippen LogP contribution in [0.1, 0.15) is 71.1 Å². The zero-order valence-electron chi connectivity index (χ0n) is 13.4. The lowest BCUT2D eigenvalue weighted by Crippen LogP contribution is -2.21. The molecule has 3 unspecified atom stereocenters. The highest BCUT2D eigenvalue weighted by molar-refractivity contribution is 5.84. The van der Waals surface area contributed by atoms with Gasteiger partial charge in [0.15, 0.2) is 0 Å². The first kappa shape index (κ1) is 18.8. The van der Waals surface area contributed by atoms with Crippen LogP contribution in [0, 0.1) is 11.8 Å². The Kier molecular flexibility index (Phi) is 8.31. The number of carbonyl (C=O) groups is 3. The molecule has 0 radical (unpaired) electrons. The Morgan fingerprint density at radius 1 is 1.09 bits per heavy atom. The number of ketones is 2. The molecular weight excluding hydrogens is 284 g/mol. The molecule has 0 aliphatic heterocycles. The SMILES string of the molecule is CCC(=O)CCC1C(O)CC(=O)C1CCCCCCC(=O)O. The molecule has 0 aromatic heterocycles. The van der Waals surface area contributed by atoms with Gasteiger partial charge in [0.2, 0.25) is 0 Å². The Morgan fingerprint density at radius 3 is 2.41 bits per heavy atom. The lowest BCUT2D eigenvalue weighted by molar-refractivity contribution is -0.137. The van der Waals surface area contributed by atoms with Crippen molar-refractivity contribution in [1.82, 2.24) is 0 Å². The third kappa shape index (κ3) is 6.26. The molecule has 1 aliphatic carbocycles. The van der Waals surface area contributed by atoms with Crippen molar-refractivity contribution in [2.45, 2.75) is 77.2 Å². The molecule has 5 nitrogen and oxygen atoms in total. The monoisotopic (exact) mass is 312 g/mol. The predicted molar refractivity (Wildman–Crippen MR) is 82.5 cm³/mol. The Balaban J connectivity index is 2.33. The van der Waals surface area contributed by atoms with Crippen LogP contribution < -0.4 is 0 Å². The number of carboxylic acids is 1. The fourth-order valence-electron chi connectivity index (χ4n) is 3.28. The van der Waals surface area contributed by atoms with Crippen molar-refractivity contribution in [2.75, 3.05) is 0 Å². The molecular formula is C17H28O5. The second kappa shape index (κ2) is 9.72. The average Bonchev–Trinajstić information content (AvgIpc) is 2.73. The fourth-order valence-corrected chi connectivity index (χ4v) is 3.28. The highest BCUT2D eigenvalue weighted by Crippen LogP contribution is 2.36. The molecule has 2 N–H and O–H groups in total. The standard InChI is InChI=1S/C17H28O5/c1-2-12(18)9-10-14-13(15(19)11-16(14)20)7-5-3-4-6-8-17(21)22/h13-14,16,20H,2-11H2,1H3,(H,21,22). The van der Waals surface area contributed by atoms with Crippen LogP contribution in [0.4, 0.5) is 0 Å². The molecule has 0 bridgehead atoms. The zero-order valence-corrected chi connectivity index (χ0v) is 13.4. The Bertz CT molecular complexity index is 391. The van der Waals surface area contributed by atoms with Gasteiger partial charge in [0.25, 0.3) is 0 Å². The van der Waals surface area contributed by atoms with Crippen LogP contribution in [0.5, 0.6) is 0 Å². The van der Waals surface area contributed by atoms with Gasteiger partial charge in [-0.15, -0.1) is 0 Å². The maximum atomic E-state index is 12.0. The van der Waals surface area contributed by atoms with Gasteiger partial charge in [-0.3, -0.25) is 14.4 Å². The Labute approximate surface area is 132 Å². The average molecular weight is 312 g/mol. The van der Waals surface area contributed by atoms with E-state index in [1.165, 1.54) is 0 Å². The molecule has 126 valence electrons. The highest BCUT2D eigenvalue weighted by atomic mass is 16.4. The minimum atomic E-state index is -0.769. The normalized spacial score (nSPS) is 24.6. The van der Waals surface area contributed by atoms with Crippen molar-refractivity contribution in [2.24, 2.45) is 11.8 Å². The predicted octanol–water partition coefficient (Wildman–Crippen LogP) is 2.74. The minimum absolute atomic E-state index is 0.0815. The first-order chi connectivity index (χ1) is 10.5. The van der Waals surface area contributed by atoms with E-state index in [1.54, 1.807) is 0 Å². The van der Waals surface area contributed by atoms with Crippen LogP contribution in [0.15, 0.2) is 0 Å². The molecule has 0 aromatic carbocycles. The maximum absolute atomic E-state index is 12.0.